The zero-order chi connectivity index (χ0) is 13.7. The van der Waals surface area contributed by atoms with Gasteiger partial charge in [0.1, 0.15) is 6.61 Å². The predicted octanol–water partition coefficient (Wildman–Crippen LogP) is 3.74. The van der Waals surface area contributed by atoms with Crippen LogP contribution in [0, 0.1) is 0 Å². The molecule has 0 aliphatic heterocycles. The molecule has 0 saturated carbocycles. The van der Waals surface area contributed by atoms with Crippen LogP contribution in [-0.4, -0.2) is 13.4 Å². The predicted molar refractivity (Wildman–Crippen MR) is 74.2 cm³/mol. The van der Waals surface area contributed by atoms with Gasteiger partial charge >= 0.3 is 0 Å². The van der Waals surface area contributed by atoms with E-state index >= 15 is 0 Å². The quantitative estimate of drug-likeness (QED) is 0.781. The number of methoxy groups -OCH3 is 1. The van der Waals surface area contributed by atoms with Crippen molar-refractivity contribution >= 4 is 17.9 Å². The van der Waals surface area contributed by atoms with Gasteiger partial charge in [-0.25, -0.2) is 0 Å². The van der Waals surface area contributed by atoms with E-state index in [2.05, 4.69) is 0 Å². The van der Waals surface area contributed by atoms with Crippen LogP contribution in [0.5, 0.6) is 11.5 Å². The monoisotopic (exact) mass is 276 g/mol. The Morgan fingerprint density at radius 3 is 2.58 bits per heavy atom. The van der Waals surface area contributed by atoms with Crippen LogP contribution >= 0.6 is 11.6 Å². The van der Waals surface area contributed by atoms with Crippen molar-refractivity contribution in [2.75, 3.05) is 7.11 Å². The van der Waals surface area contributed by atoms with E-state index in [9.17, 15) is 4.79 Å². The summed E-state index contributed by atoms with van der Waals surface area (Å²) < 4.78 is 10.9. The maximum absolute atomic E-state index is 11.1. The third kappa shape index (κ3) is 3.26. The zero-order valence-electron chi connectivity index (χ0n) is 10.4. The molecule has 0 amide bonds. The molecule has 0 atom stereocenters. The Morgan fingerprint density at radius 1 is 1.21 bits per heavy atom. The fourth-order valence-electron chi connectivity index (χ4n) is 1.71. The van der Waals surface area contributed by atoms with E-state index in [1.165, 1.54) is 7.11 Å². The van der Waals surface area contributed by atoms with Crippen molar-refractivity contribution in [3.63, 3.8) is 0 Å². The second kappa shape index (κ2) is 6.25. The molecule has 0 spiro atoms. The standard InChI is InChI=1S/C15H13ClO3/c1-18-14-8-13(16)7-12(9-17)15(14)19-10-11-5-3-2-4-6-11/h2-9H,10H2,1H3. The van der Waals surface area contributed by atoms with Crippen LogP contribution in [0.4, 0.5) is 0 Å². The largest absolute Gasteiger partial charge is 0.493 e. The average molecular weight is 277 g/mol. The first-order chi connectivity index (χ1) is 9.24. The fourth-order valence-corrected chi connectivity index (χ4v) is 1.93. The van der Waals surface area contributed by atoms with Gasteiger partial charge in [-0.15, -0.1) is 0 Å². The van der Waals surface area contributed by atoms with Crippen molar-refractivity contribution in [2.45, 2.75) is 6.61 Å². The van der Waals surface area contributed by atoms with Gasteiger partial charge in [0.05, 0.1) is 12.7 Å². The molecule has 0 aliphatic carbocycles. The first-order valence-corrected chi connectivity index (χ1v) is 6.12. The number of carbonyl (C=O) groups is 1. The second-order valence-corrected chi connectivity index (χ2v) is 4.35. The number of carbonyl (C=O) groups excluding carboxylic acids is 1. The Kier molecular flexibility index (Phi) is 4.42. The van der Waals surface area contributed by atoms with Gasteiger partial charge in [0.2, 0.25) is 0 Å². The number of halogens is 1. The summed E-state index contributed by atoms with van der Waals surface area (Å²) in [5, 5.41) is 0.436. The minimum atomic E-state index is 0.361. The van der Waals surface area contributed by atoms with E-state index in [1.54, 1.807) is 12.1 Å². The molecule has 0 aliphatic rings. The molecule has 0 saturated heterocycles. The zero-order valence-corrected chi connectivity index (χ0v) is 11.2. The molecule has 19 heavy (non-hydrogen) atoms. The van der Waals surface area contributed by atoms with Crippen LogP contribution in [-0.2, 0) is 6.61 Å². The van der Waals surface area contributed by atoms with E-state index < -0.39 is 0 Å². The summed E-state index contributed by atoms with van der Waals surface area (Å²) in [6.45, 7) is 0.361. The van der Waals surface area contributed by atoms with Gasteiger partial charge < -0.3 is 9.47 Å². The molecule has 0 radical (unpaired) electrons. The molecule has 0 aromatic heterocycles. The maximum atomic E-state index is 11.1. The number of hydrogen-bond donors (Lipinski definition) is 0. The van der Waals surface area contributed by atoms with E-state index in [1.807, 2.05) is 30.3 Å². The molecule has 3 nitrogen and oxygen atoms in total. The summed E-state index contributed by atoms with van der Waals surface area (Å²) in [5.74, 6) is 0.858. The van der Waals surface area contributed by atoms with Gasteiger partial charge in [-0.2, -0.15) is 0 Å². The molecule has 0 fully saturated rings. The van der Waals surface area contributed by atoms with Crippen molar-refractivity contribution in [1.29, 1.82) is 0 Å². The van der Waals surface area contributed by atoms with Crippen LogP contribution in [0.15, 0.2) is 42.5 Å². The van der Waals surface area contributed by atoms with Crippen LogP contribution < -0.4 is 9.47 Å². The summed E-state index contributed by atoms with van der Waals surface area (Å²) in [6, 6.07) is 12.9. The highest BCUT2D eigenvalue weighted by Crippen LogP contribution is 2.34. The molecule has 4 heteroatoms. The van der Waals surface area contributed by atoms with Crippen LogP contribution in [0.25, 0.3) is 0 Å². The smallest absolute Gasteiger partial charge is 0.172 e. The van der Waals surface area contributed by atoms with Crippen molar-refractivity contribution in [3.8, 4) is 11.5 Å². The molecule has 0 heterocycles. The minimum Gasteiger partial charge on any atom is -0.493 e. The Labute approximate surface area is 116 Å². The number of benzene rings is 2. The molecular weight excluding hydrogens is 264 g/mol. The molecule has 2 aromatic carbocycles. The second-order valence-electron chi connectivity index (χ2n) is 3.92. The van der Waals surface area contributed by atoms with Crippen molar-refractivity contribution in [1.82, 2.24) is 0 Å². The molecule has 98 valence electrons. The number of ether oxygens (including phenoxy) is 2. The van der Waals surface area contributed by atoms with Gasteiger partial charge in [-0.1, -0.05) is 41.9 Å². The molecule has 0 unspecified atom stereocenters. The SMILES string of the molecule is COc1cc(Cl)cc(C=O)c1OCc1ccccc1. The number of rotatable bonds is 5. The van der Waals surface area contributed by atoms with E-state index in [-0.39, 0.29) is 0 Å². The Bertz CT molecular complexity index is 567. The third-order valence-corrected chi connectivity index (χ3v) is 2.84. The lowest BCUT2D eigenvalue weighted by atomic mass is 10.2. The van der Waals surface area contributed by atoms with Gasteiger partial charge in [-0.05, 0) is 11.6 Å². The summed E-state index contributed by atoms with van der Waals surface area (Å²) in [4.78, 5) is 11.1. The first kappa shape index (κ1) is 13.4. The molecule has 0 N–H and O–H groups in total. The van der Waals surface area contributed by atoms with Gasteiger partial charge in [0.25, 0.3) is 0 Å². The van der Waals surface area contributed by atoms with E-state index in [4.69, 9.17) is 21.1 Å². The van der Waals surface area contributed by atoms with Crippen LogP contribution in [0.1, 0.15) is 15.9 Å². The Balaban J connectivity index is 2.26. The highest BCUT2D eigenvalue weighted by atomic mass is 35.5. The van der Waals surface area contributed by atoms with Gasteiger partial charge in [0.15, 0.2) is 17.8 Å². The average Bonchev–Trinajstić information content (AvgIpc) is 2.46. The van der Waals surface area contributed by atoms with Crippen LogP contribution in [0.2, 0.25) is 5.02 Å². The third-order valence-electron chi connectivity index (χ3n) is 2.62. The van der Waals surface area contributed by atoms with Crippen LogP contribution in [0.3, 0.4) is 0 Å². The number of aldehydes is 1. The summed E-state index contributed by atoms with van der Waals surface area (Å²) in [5.41, 5.74) is 1.39. The molecule has 2 aromatic rings. The molecular formula is C15H13ClO3. The highest BCUT2D eigenvalue weighted by molar-refractivity contribution is 6.31. The first-order valence-electron chi connectivity index (χ1n) is 5.74. The minimum absolute atomic E-state index is 0.361. The molecule has 0 bridgehead atoms. The summed E-state index contributed by atoms with van der Waals surface area (Å²) in [7, 11) is 1.51. The maximum Gasteiger partial charge on any atom is 0.172 e. The van der Waals surface area contributed by atoms with Crippen molar-refractivity contribution in [2.24, 2.45) is 0 Å². The van der Waals surface area contributed by atoms with Crippen molar-refractivity contribution < 1.29 is 14.3 Å². The lowest BCUT2D eigenvalue weighted by molar-refractivity contribution is 0.111. The van der Waals surface area contributed by atoms with Gasteiger partial charge in [-0.3, -0.25) is 4.79 Å². The Hall–Kier alpha value is -2.00. The normalized spacial score (nSPS) is 10.0. The summed E-state index contributed by atoms with van der Waals surface area (Å²) >= 11 is 5.90. The van der Waals surface area contributed by atoms with Gasteiger partial charge in [0, 0.05) is 11.1 Å². The van der Waals surface area contributed by atoms with E-state index in [0.29, 0.717) is 35.0 Å². The lowest BCUT2D eigenvalue weighted by Crippen LogP contribution is -2.00. The topological polar surface area (TPSA) is 35.5 Å². The fraction of sp³-hybridized carbons (Fsp3) is 0.133. The molecule has 2 rings (SSSR count). The highest BCUT2D eigenvalue weighted by Gasteiger charge is 2.12. The Morgan fingerprint density at radius 2 is 1.95 bits per heavy atom. The van der Waals surface area contributed by atoms with Crippen molar-refractivity contribution in [3.05, 3.63) is 58.6 Å². The summed E-state index contributed by atoms with van der Waals surface area (Å²) in [6.07, 6.45) is 0.703. The van der Waals surface area contributed by atoms with E-state index in [0.717, 1.165) is 5.56 Å². The number of hydrogen-bond acceptors (Lipinski definition) is 3. The lowest BCUT2D eigenvalue weighted by Gasteiger charge is -2.13.